The molecule has 0 atom stereocenters. The number of amides is 1. The first-order valence-corrected chi connectivity index (χ1v) is 5.46. The normalized spacial score (nSPS) is 7.31. The van der Waals surface area contributed by atoms with Crippen molar-refractivity contribution < 1.29 is 4.79 Å². The average Bonchev–Trinajstić information content (AvgIpc) is 2.23. The van der Waals surface area contributed by atoms with E-state index in [9.17, 15) is 4.79 Å². The predicted octanol–water partition coefficient (Wildman–Crippen LogP) is 3.32. The zero-order valence-corrected chi connectivity index (χ0v) is 10.5. The molecule has 1 amide bonds. The van der Waals surface area contributed by atoms with E-state index in [4.69, 9.17) is 0 Å². The maximum absolute atomic E-state index is 10.8. The van der Waals surface area contributed by atoms with Crippen molar-refractivity contribution in [3.8, 4) is 0 Å². The second kappa shape index (κ2) is 17.5. The summed E-state index contributed by atoms with van der Waals surface area (Å²) in [5.74, 6) is 0.233. The molecule has 0 aromatic heterocycles. The molecule has 0 fully saturated rings. The highest BCUT2D eigenvalue weighted by molar-refractivity contribution is 5.75. The maximum atomic E-state index is 10.8. The molecule has 0 N–H and O–H groups in total. The highest BCUT2D eigenvalue weighted by atomic mass is 16.2. The van der Waals surface area contributed by atoms with E-state index in [0.29, 0.717) is 6.42 Å². The summed E-state index contributed by atoms with van der Waals surface area (Å²) < 4.78 is 0. The van der Waals surface area contributed by atoms with Gasteiger partial charge in [0, 0.05) is 20.0 Å². The molecule has 0 rings (SSSR count). The molecule has 0 aromatic carbocycles. The van der Waals surface area contributed by atoms with Crippen molar-refractivity contribution in [3.05, 3.63) is 0 Å². The first kappa shape index (κ1) is 18.3. The van der Waals surface area contributed by atoms with Crippen molar-refractivity contribution in [2.45, 2.75) is 54.4 Å². The molecule has 0 aliphatic heterocycles. The van der Waals surface area contributed by atoms with Crippen LogP contribution in [0.2, 0.25) is 0 Å². The first-order valence-electron chi connectivity index (χ1n) is 5.46. The van der Waals surface area contributed by atoms with Gasteiger partial charge >= 0.3 is 0 Å². The van der Waals surface area contributed by atoms with E-state index in [2.05, 4.69) is 6.92 Å². The Hall–Kier alpha value is -0.530. The van der Waals surface area contributed by atoms with Crippen LogP contribution in [0.4, 0.5) is 0 Å². The Labute approximate surface area is 84.3 Å². The molecule has 82 valence electrons. The number of hydrogen-bond acceptors (Lipinski definition) is 1. The Morgan fingerprint density at radius 3 is 1.69 bits per heavy atom. The van der Waals surface area contributed by atoms with Crippen LogP contribution in [0, 0.1) is 0 Å². The monoisotopic (exact) mass is 189 g/mol. The largest absolute Gasteiger partial charge is 0.346 e. The molecule has 2 nitrogen and oxygen atoms in total. The van der Waals surface area contributed by atoms with Crippen molar-refractivity contribution in [3.63, 3.8) is 0 Å². The fourth-order valence-electron chi connectivity index (χ4n) is 0.730. The zero-order valence-electron chi connectivity index (χ0n) is 10.5. The smallest absolute Gasteiger partial charge is 0.222 e. The van der Waals surface area contributed by atoms with Crippen LogP contribution in [-0.4, -0.2) is 24.4 Å². The van der Waals surface area contributed by atoms with Gasteiger partial charge in [0.15, 0.2) is 0 Å². The summed E-state index contributed by atoms with van der Waals surface area (Å²) in [6, 6.07) is 0. The van der Waals surface area contributed by atoms with Crippen molar-refractivity contribution in [1.82, 2.24) is 4.90 Å². The maximum Gasteiger partial charge on any atom is 0.222 e. The van der Waals surface area contributed by atoms with E-state index >= 15 is 0 Å². The highest BCUT2D eigenvalue weighted by Crippen LogP contribution is 1.90. The quantitative estimate of drug-likeness (QED) is 0.667. The second-order valence-electron chi connectivity index (χ2n) is 2.17. The van der Waals surface area contributed by atoms with Crippen LogP contribution in [0.1, 0.15) is 54.4 Å². The van der Waals surface area contributed by atoms with Crippen LogP contribution >= 0.6 is 0 Å². The number of carbonyl (C=O) groups is 1. The van der Waals surface area contributed by atoms with E-state index in [-0.39, 0.29) is 5.91 Å². The number of nitrogens with zero attached hydrogens (tertiary/aromatic N) is 1. The molecule has 0 saturated heterocycles. The molecular weight excluding hydrogens is 162 g/mol. The summed E-state index contributed by atoms with van der Waals surface area (Å²) in [6.45, 7) is 12.8. The van der Waals surface area contributed by atoms with Crippen molar-refractivity contribution in [1.29, 1.82) is 0 Å². The fraction of sp³-hybridized carbons (Fsp3) is 0.909. The van der Waals surface area contributed by atoms with Gasteiger partial charge in [-0.2, -0.15) is 0 Å². The molecule has 2 heteroatoms. The lowest BCUT2D eigenvalue weighted by Gasteiger charge is -2.13. The van der Waals surface area contributed by atoms with Crippen molar-refractivity contribution in [2.75, 3.05) is 13.6 Å². The van der Waals surface area contributed by atoms with Gasteiger partial charge in [0.2, 0.25) is 5.91 Å². The van der Waals surface area contributed by atoms with Crippen LogP contribution < -0.4 is 0 Å². The summed E-state index contributed by atoms with van der Waals surface area (Å²) in [5, 5.41) is 0. The van der Waals surface area contributed by atoms with Crippen LogP contribution in [0.15, 0.2) is 0 Å². The molecular formula is C11H27NO. The molecule has 0 aliphatic carbocycles. The van der Waals surface area contributed by atoms with E-state index in [0.717, 1.165) is 13.0 Å². The van der Waals surface area contributed by atoms with Gasteiger partial charge in [-0.3, -0.25) is 4.79 Å². The van der Waals surface area contributed by atoms with Crippen molar-refractivity contribution >= 4 is 5.91 Å². The lowest BCUT2D eigenvalue weighted by molar-refractivity contribution is -0.129. The van der Waals surface area contributed by atoms with Gasteiger partial charge in [-0.05, 0) is 6.42 Å². The standard InChI is InChI=1S/C7H15NO.2C2H6/c1-4-6-8(3)7(9)5-2;2*1-2/h4-6H2,1-3H3;2*1-2H3. The number of carbonyl (C=O) groups excluding carboxylic acids is 1. The Morgan fingerprint density at radius 1 is 1.08 bits per heavy atom. The van der Waals surface area contributed by atoms with Gasteiger partial charge in [0.25, 0.3) is 0 Å². The minimum absolute atomic E-state index is 0.233. The lowest BCUT2D eigenvalue weighted by atomic mass is 10.4. The summed E-state index contributed by atoms with van der Waals surface area (Å²) in [6.07, 6.45) is 1.67. The van der Waals surface area contributed by atoms with Crippen LogP contribution in [0.25, 0.3) is 0 Å². The zero-order chi connectivity index (χ0) is 11.3. The summed E-state index contributed by atoms with van der Waals surface area (Å²) >= 11 is 0. The van der Waals surface area contributed by atoms with E-state index in [1.54, 1.807) is 4.90 Å². The van der Waals surface area contributed by atoms with Crippen LogP contribution in [0.3, 0.4) is 0 Å². The average molecular weight is 189 g/mol. The number of rotatable bonds is 3. The molecule has 0 unspecified atom stereocenters. The molecule has 0 bridgehead atoms. The van der Waals surface area contributed by atoms with Gasteiger partial charge in [0.05, 0.1) is 0 Å². The molecule has 0 aliphatic rings. The second-order valence-corrected chi connectivity index (χ2v) is 2.17. The molecule has 0 aromatic rings. The summed E-state index contributed by atoms with van der Waals surface area (Å²) in [7, 11) is 1.84. The number of hydrogen-bond donors (Lipinski definition) is 0. The third-order valence-electron chi connectivity index (χ3n) is 1.29. The molecule has 0 saturated carbocycles. The summed E-state index contributed by atoms with van der Waals surface area (Å²) in [4.78, 5) is 12.6. The SMILES string of the molecule is CC.CC.CCCN(C)C(=O)CC. The topological polar surface area (TPSA) is 20.3 Å². The van der Waals surface area contributed by atoms with Gasteiger partial charge in [-0.1, -0.05) is 41.5 Å². The highest BCUT2D eigenvalue weighted by Gasteiger charge is 2.01. The van der Waals surface area contributed by atoms with E-state index in [1.807, 2.05) is 41.7 Å². The Balaban J connectivity index is -0.000000218. The minimum Gasteiger partial charge on any atom is -0.346 e. The third kappa shape index (κ3) is 14.3. The van der Waals surface area contributed by atoms with Gasteiger partial charge in [-0.15, -0.1) is 0 Å². The van der Waals surface area contributed by atoms with Crippen LogP contribution in [0.5, 0.6) is 0 Å². The minimum atomic E-state index is 0.233. The van der Waals surface area contributed by atoms with Gasteiger partial charge in [-0.25, -0.2) is 0 Å². The van der Waals surface area contributed by atoms with Crippen molar-refractivity contribution in [2.24, 2.45) is 0 Å². The molecule has 0 spiro atoms. The van der Waals surface area contributed by atoms with Gasteiger partial charge < -0.3 is 4.90 Å². The van der Waals surface area contributed by atoms with E-state index in [1.165, 1.54) is 0 Å². The Morgan fingerprint density at radius 2 is 1.46 bits per heavy atom. The first-order chi connectivity index (χ1) is 6.22. The molecule has 13 heavy (non-hydrogen) atoms. The molecule has 0 radical (unpaired) electrons. The summed E-state index contributed by atoms with van der Waals surface area (Å²) in [5.41, 5.74) is 0. The predicted molar refractivity (Wildman–Crippen MR) is 60.9 cm³/mol. The van der Waals surface area contributed by atoms with Gasteiger partial charge in [0.1, 0.15) is 0 Å². The molecule has 0 heterocycles. The van der Waals surface area contributed by atoms with E-state index < -0.39 is 0 Å². The third-order valence-corrected chi connectivity index (χ3v) is 1.29. The Bertz CT molecular complexity index is 92.1. The fourth-order valence-corrected chi connectivity index (χ4v) is 0.730. The Kier molecular flexibility index (Phi) is 24.7. The lowest BCUT2D eigenvalue weighted by Crippen LogP contribution is -2.26. The van der Waals surface area contributed by atoms with Crippen LogP contribution in [-0.2, 0) is 4.79 Å².